The van der Waals surface area contributed by atoms with Crippen LogP contribution >= 0.6 is 11.3 Å². The summed E-state index contributed by atoms with van der Waals surface area (Å²) in [5, 5.41) is 1.75. The minimum atomic E-state index is -3.43. The van der Waals surface area contributed by atoms with Gasteiger partial charge in [-0.05, 0) is 31.1 Å². The van der Waals surface area contributed by atoms with E-state index < -0.39 is 10.0 Å². The van der Waals surface area contributed by atoms with E-state index in [0.717, 1.165) is 12.1 Å². The topological polar surface area (TPSA) is 84.7 Å². The van der Waals surface area contributed by atoms with Crippen molar-refractivity contribution in [3.8, 4) is 0 Å². The second-order valence-electron chi connectivity index (χ2n) is 4.29. The Labute approximate surface area is 118 Å². The number of thiophene rings is 1. The van der Waals surface area contributed by atoms with E-state index in [4.69, 9.17) is 10.5 Å². The van der Waals surface area contributed by atoms with Gasteiger partial charge in [-0.1, -0.05) is 0 Å². The van der Waals surface area contributed by atoms with Gasteiger partial charge in [0, 0.05) is 19.6 Å². The molecule has 0 spiro atoms. The molecular weight excluding hydrogens is 286 g/mol. The van der Waals surface area contributed by atoms with Gasteiger partial charge >= 0.3 is 0 Å². The van der Waals surface area contributed by atoms with Crippen LogP contribution in [0, 0.1) is 0 Å². The van der Waals surface area contributed by atoms with Crippen molar-refractivity contribution < 1.29 is 13.2 Å². The van der Waals surface area contributed by atoms with Crippen LogP contribution in [-0.2, 0) is 21.3 Å². The zero-order chi connectivity index (χ0) is 14.3. The van der Waals surface area contributed by atoms with Gasteiger partial charge in [-0.25, -0.2) is 13.1 Å². The van der Waals surface area contributed by atoms with E-state index in [-0.39, 0.29) is 6.54 Å². The lowest BCUT2D eigenvalue weighted by Crippen LogP contribution is -2.28. The van der Waals surface area contributed by atoms with Crippen LogP contribution in [0.5, 0.6) is 0 Å². The normalized spacial score (nSPS) is 12.2. The molecule has 0 atom stereocenters. The van der Waals surface area contributed by atoms with E-state index >= 15 is 0 Å². The molecule has 0 saturated carbocycles. The summed E-state index contributed by atoms with van der Waals surface area (Å²) in [7, 11) is 0.482. The van der Waals surface area contributed by atoms with E-state index in [1.165, 1.54) is 11.3 Å². The van der Waals surface area contributed by atoms with Crippen molar-refractivity contribution in [3.05, 3.63) is 17.0 Å². The minimum absolute atomic E-state index is 0.269. The maximum Gasteiger partial charge on any atom is 0.250 e. The van der Waals surface area contributed by atoms with Crippen LogP contribution in [0.2, 0.25) is 0 Å². The molecule has 0 aliphatic heterocycles. The molecule has 0 fully saturated rings. The summed E-state index contributed by atoms with van der Waals surface area (Å²) in [4.78, 5) is 2.00. The van der Waals surface area contributed by atoms with Gasteiger partial charge in [-0.2, -0.15) is 0 Å². The number of nitrogens with one attached hydrogen (secondary N) is 1. The van der Waals surface area contributed by atoms with E-state index in [9.17, 15) is 8.42 Å². The van der Waals surface area contributed by atoms with Crippen LogP contribution in [0.25, 0.3) is 0 Å². The lowest BCUT2D eigenvalue weighted by molar-refractivity contribution is 0.122. The molecule has 6 nitrogen and oxygen atoms in total. The maximum atomic E-state index is 11.9. The summed E-state index contributed by atoms with van der Waals surface area (Å²) in [6, 6.07) is 1.60. The Balaban J connectivity index is 2.31. The fourth-order valence-corrected chi connectivity index (χ4v) is 3.55. The van der Waals surface area contributed by atoms with Crippen LogP contribution in [-0.4, -0.2) is 53.7 Å². The van der Waals surface area contributed by atoms with Crippen LogP contribution in [0.1, 0.15) is 5.56 Å². The highest BCUT2D eigenvalue weighted by atomic mass is 32.2. The van der Waals surface area contributed by atoms with Crippen LogP contribution < -0.4 is 10.5 Å². The van der Waals surface area contributed by atoms with Crippen molar-refractivity contribution in [2.24, 2.45) is 5.73 Å². The Morgan fingerprint density at radius 3 is 2.74 bits per heavy atom. The van der Waals surface area contributed by atoms with E-state index in [2.05, 4.69) is 4.72 Å². The highest BCUT2D eigenvalue weighted by Gasteiger charge is 2.15. The maximum absolute atomic E-state index is 11.9. The van der Waals surface area contributed by atoms with Gasteiger partial charge in [-0.15, -0.1) is 11.3 Å². The van der Waals surface area contributed by atoms with Crippen molar-refractivity contribution in [2.45, 2.75) is 10.8 Å². The van der Waals surface area contributed by atoms with Gasteiger partial charge in [-0.3, -0.25) is 0 Å². The molecule has 1 aromatic heterocycles. The molecule has 1 rings (SSSR count). The Morgan fingerprint density at radius 2 is 2.16 bits per heavy atom. The molecule has 0 saturated heterocycles. The third-order valence-electron chi connectivity index (χ3n) is 2.35. The third-order valence-corrected chi connectivity index (χ3v) is 5.30. The third kappa shape index (κ3) is 5.98. The molecule has 0 aromatic carbocycles. The molecule has 1 heterocycles. The lowest BCUT2D eigenvalue weighted by atomic mass is 10.4. The summed E-state index contributed by atoms with van der Waals surface area (Å²) < 4.78 is 31.9. The zero-order valence-corrected chi connectivity index (χ0v) is 12.9. The predicted octanol–water partition coefficient (Wildman–Crippen LogP) is 0.0633. The zero-order valence-electron chi connectivity index (χ0n) is 11.3. The molecule has 0 aliphatic carbocycles. The first-order valence-corrected chi connectivity index (χ1v) is 8.31. The monoisotopic (exact) mass is 307 g/mol. The number of hydrogen-bond donors (Lipinski definition) is 2. The largest absolute Gasteiger partial charge is 0.379 e. The fraction of sp³-hybridized carbons (Fsp3) is 0.636. The predicted molar refractivity (Wildman–Crippen MR) is 76.8 cm³/mol. The van der Waals surface area contributed by atoms with Gasteiger partial charge in [0.15, 0.2) is 0 Å². The summed E-state index contributed by atoms with van der Waals surface area (Å²) >= 11 is 1.18. The molecule has 0 radical (unpaired) electrons. The lowest BCUT2D eigenvalue weighted by Gasteiger charge is -2.10. The van der Waals surface area contributed by atoms with Crippen molar-refractivity contribution in [1.29, 1.82) is 0 Å². The molecule has 1 aromatic rings. The Morgan fingerprint density at radius 1 is 1.42 bits per heavy atom. The van der Waals surface area contributed by atoms with E-state index in [1.54, 1.807) is 11.4 Å². The summed E-state index contributed by atoms with van der Waals surface area (Å²) in [5.41, 5.74) is 6.28. The first-order chi connectivity index (χ1) is 8.95. The van der Waals surface area contributed by atoms with E-state index in [0.29, 0.717) is 24.0 Å². The summed E-state index contributed by atoms with van der Waals surface area (Å²) in [6.07, 6.45) is 0. The van der Waals surface area contributed by atoms with Gasteiger partial charge in [0.25, 0.3) is 0 Å². The molecule has 0 bridgehead atoms. The van der Waals surface area contributed by atoms with Crippen molar-refractivity contribution in [3.63, 3.8) is 0 Å². The first-order valence-electron chi connectivity index (χ1n) is 5.95. The molecule has 110 valence electrons. The minimum Gasteiger partial charge on any atom is -0.379 e. The molecule has 0 unspecified atom stereocenters. The second kappa shape index (κ2) is 7.93. The highest BCUT2D eigenvalue weighted by molar-refractivity contribution is 7.91. The number of nitrogens with two attached hydrogens (primary N) is 1. The van der Waals surface area contributed by atoms with Crippen LogP contribution in [0.3, 0.4) is 0 Å². The molecule has 0 aliphatic rings. The molecule has 3 N–H and O–H groups in total. The SMILES string of the molecule is CN(C)CCOCCNS(=O)(=O)c1cc(CN)cs1. The number of likely N-dealkylation sites (N-methyl/N-ethyl adjacent to an activating group) is 1. The Hall–Kier alpha value is -0.510. The highest BCUT2D eigenvalue weighted by Crippen LogP contribution is 2.19. The summed E-state index contributed by atoms with van der Waals surface area (Å²) in [6.45, 7) is 2.38. The van der Waals surface area contributed by atoms with Crippen molar-refractivity contribution in [1.82, 2.24) is 9.62 Å². The number of nitrogens with zero attached hydrogens (tertiary/aromatic N) is 1. The molecular formula is C11H21N3O3S2. The smallest absolute Gasteiger partial charge is 0.250 e. The first kappa shape index (κ1) is 16.5. The summed E-state index contributed by atoms with van der Waals surface area (Å²) in [5.74, 6) is 0. The average Bonchev–Trinajstić information content (AvgIpc) is 2.82. The van der Waals surface area contributed by atoms with Gasteiger partial charge < -0.3 is 15.4 Å². The van der Waals surface area contributed by atoms with Crippen LogP contribution in [0.15, 0.2) is 15.7 Å². The van der Waals surface area contributed by atoms with Crippen LogP contribution in [0.4, 0.5) is 0 Å². The number of sulfonamides is 1. The average molecular weight is 307 g/mol. The number of rotatable bonds is 9. The Kier molecular flexibility index (Phi) is 6.90. The standard InChI is InChI=1S/C11H21N3O3S2/c1-14(2)4-6-17-5-3-13-19(15,16)11-7-10(8-12)9-18-11/h7,9,13H,3-6,8,12H2,1-2H3. The van der Waals surface area contributed by atoms with Crippen molar-refractivity contribution >= 4 is 21.4 Å². The second-order valence-corrected chi connectivity index (χ2v) is 7.20. The molecule has 0 amide bonds. The molecule has 8 heteroatoms. The quantitative estimate of drug-likeness (QED) is 0.630. The molecule has 19 heavy (non-hydrogen) atoms. The van der Waals surface area contributed by atoms with Crippen molar-refractivity contribution in [2.75, 3.05) is 40.4 Å². The number of ether oxygens (including phenoxy) is 1. The number of hydrogen-bond acceptors (Lipinski definition) is 6. The Bertz CT molecular complexity index is 471. The van der Waals surface area contributed by atoms with Gasteiger partial charge in [0.05, 0.1) is 13.2 Å². The van der Waals surface area contributed by atoms with E-state index in [1.807, 2.05) is 19.0 Å². The van der Waals surface area contributed by atoms with Gasteiger partial charge in [0.1, 0.15) is 4.21 Å². The van der Waals surface area contributed by atoms with Gasteiger partial charge in [0.2, 0.25) is 10.0 Å². The fourth-order valence-electron chi connectivity index (χ4n) is 1.27.